The van der Waals surface area contributed by atoms with E-state index in [-0.39, 0.29) is 45.6 Å². The van der Waals surface area contributed by atoms with E-state index in [2.05, 4.69) is 0 Å². The van der Waals surface area contributed by atoms with Gasteiger partial charge >= 0.3 is 0 Å². The minimum atomic E-state index is -2.04. The van der Waals surface area contributed by atoms with Gasteiger partial charge in [0.05, 0.1) is 39.6 Å². The Hall–Kier alpha value is -5.39. The Morgan fingerprint density at radius 1 is 0.687 bits per heavy atom. The molecule has 0 saturated carbocycles. The third-order valence-corrected chi connectivity index (χ3v) is 11.2. The Labute approximate surface area is 378 Å². The molecule has 0 bridgehead atoms. The highest BCUT2D eigenvalue weighted by molar-refractivity contribution is 5.76. The maximum Gasteiger partial charge on any atom is 0.229 e. The van der Waals surface area contributed by atoms with Crippen LogP contribution in [0.3, 0.4) is 0 Å². The number of ether oxygens (including phenoxy) is 9. The van der Waals surface area contributed by atoms with Crippen LogP contribution in [0.2, 0.25) is 0 Å². The summed E-state index contributed by atoms with van der Waals surface area (Å²) in [4.78, 5) is 12.3. The highest BCUT2D eigenvalue weighted by Crippen LogP contribution is 2.44. The van der Waals surface area contributed by atoms with Gasteiger partial charge in [0.15, 0.2) is 64.9 Å². The Morgan fingerprint density at radius 3 is 2.03 bits per heavy atom. The summed E-state index contributed by atoms with van der Waals surface area (Å²) < 4.78 is 56.5. The summed E-state index contributed by atoms with van der Waals surface area (Å²) in [5, 5.41) is 138. The van der Waals surface area contributed by atoms with Crippen LogP contribution in [0, 0.1) is 0 Å². The zero-order valence-electron chi connectivity index (χ0n) is 35.4. The van der Waals surface area contributed by atoms with E-state index in [0.717, 1.165) is 24.3 Å². The lowest BCUT2D eigenvalue weighted by molar-refractivity contribution is -0.353. The number of methoxy groups -OCH3 is 2. The van der Waals surface area contributed by atoms with E-state index in [9.17, 15) is 71.2 Å². The molecular formula is C43H50O24. The fraction of sp³-hybridized carbons (Fsp3) is 0.465. The lowest BCUT2D eigenvalue weighted by Gasteiger charge is -2.45. The Morgan fingerprint density at radius 2 is 1.34 bits per heavy atom. The van der Waals surface area contributed by atoms with Crippen LogP contribution in [0.4, 0.5) is 0 Å². The van der Waals surface area contributed by atoms with Crippen LogP contribution < -0.4 is 19.6 Å². The molecule has 0 aromatic heterocycles. The van der Waals surface area contributed by atoms with Gasteiger partial charge in [0.25, 0.3) is 0 Å². The van der Waals surface area contributed by atoms with Gasteiger partial charge in [-0.15, -0.1) is 0 Å². The van der Waals surface area contributed by atoms with E-state index in [1.807, 2.05) is 0 Å². The summed E-state index contributed by atoms with van der Waals surface area (Å²) in [6.45, 7) is -1.89. The number of aromatic hydroxyl groups is 4. The summed E-state index contributed by atoms with van der Waals surface area (Å²) in [7, 11) is 2.66. The topological polar surface area (TPSA) is 376 Å². The van der Waals surface area contributed by atoms with E-state index >= 15 is 0 Å². The normalized spacial score (nSPS) is 31.7. The van der Waals surface area contributed by atoms with Crippen molar-refractivity contribution in [3.63, 3.8) is 0 Å². The Balaban J connectivity index is 1.11. The van der Waals surface area contributed by atoms with Crippen LogP contribution >= 0.6 is 0 Å². The number of phenolic OH excluding ortho intramolecular Hbond substituents is 4. The molecule has 15 unspecified atom stereocenters. The minimum Gasteiger partial charge on any atom is -0.507 e. The number of benzene rings is 3. The van der Waals surface area contributed by atoms with E-state index in [0.29, 0.717) is 5.56 Å². The van der Waals surface area contributed by atoms with Crippen molar-refractivity contribution in [3.05, 3.63) is 70.4 Å². The molecule has 0 radical (unpaired) electrons. The van der Waals surface area contributed by atoms with Crippen molar-refractivity contribution in [2.45, 2.75) is 92.3 Å². The van der Waals surface area contributed by atoms with Crippen molar-refractivity contribution < 1.29 is 113 Å². The molecule has 3 fully saturated rings. The Bertz CT molecular complexity index is 2350. The summed E-state index contributed by atoms with van der Waals surface area (Å²) >= 11 is 0. The van der Waals surface area contributed by atoms with Crippen molar-refractivity contribution in [1.29, 1.82) is 0 Å². The molecule has 366 valence electrons. The highest BCUT2D eigenvalue weighted by atomic mass is 16.8. The number of rotatable bonds is 15. The standard InChI is InChI=1S/C43H50O24/c1-58-25-7-16(8-26(59-2)32(25)51)3-6-30(49)60-14-28-33(52)35(54)38(57)41(65-28)62-15-29-34(53)36(55)40(67-42-37(56)31(50)23(48)13-61-42)43(66-29)64-27-12-19-21(46)10-18(44)11-24(19)63-39(27)17-4-5-20(45)22(47)9-17/h3-12,23,28-31,33-38,40-43,45-57H,13-15H2,1-2H3. The van der Waals surface area contributed by atoms with E-state index in [1.165, 1.54) is 50.6 Å². The summed E-state index contributed by atoms with van der Waals surface area (Å²) in [5.74, 6) is -2.48. The second-order valence-corrected chi connectivity index (χ2v) is 15.7. The number of hydrogen-bond acceptors (Lipinski definition) is 24. The molecule has 13 N–H and O–H groups in total. The van der Waals surface area contributed by atoms with Gasteiger partial charge < -0.3 is 113 Å². The second kappa shape index (κ2) is 20.9. The number of aliphatic hydroxyl groups excluding tert-OH is 9. The van der Waals surface area contributed by atoms with Gasteiger partial charge in [-0.2, -0.15) is 0 Å². The number of hydrogen-bond donors (Lipinski definition) is 13. The first-order chi connectivity index (χ1) is 31.9. The molecule has 5 aliphatic rings. The molecule has 15 atom stereocenters. The van der Waals surface area contributed by atoms with Gasteiger partial charge in [-0.1, -0.05) is 6.08 Å². The van der Waals surface area contributed by atoms with E-state index in [4.69, 9.17) is 47.0 Å². The zero-order chi connectivity index (χ0) is 48.4. The molecule has 67 heavy (non-hydrogen) atoms. The average Bonchev–Trinajstić information content (AvgIpc) is 3.30. The van der Waals surface area contributed by atoms with Crippen LogP contribution in [0.5, 0.6) is 40.2 Å². The number of fused-ring (bicyclic) bond motifs is 1. The molecule has 3 saturated heterocycles. The maximum absolute atomic E-state index is 12.3. The SMILES string of the molecule is COc1cc(C=CC(O)OCC2OC(OCC3OC(Oc4cc5c(O)cc(=O)cc-5oc4-c4ccc(O)c(O)c4)C(OC4OCC(O)C(O)C4O)C(O)C3O)C(O)C(O)C2O)cc(OC)c1O. The summed E-state index contributed by atoms with van der Waals surface area (Å²) in [6.07, 6.45) is -24.2. The molecule has 2 aromatic rings. The molecule has 0 spiro atoms. The summed E-state index contributed by atoms with van der Waals surface area (Å²) in [6, 6.07) is 9.49. The van der Waals surface area contributed by atoms with Crippen LogP contribution in [0.15, 0.2) is 63.8 Å². The quantitative estimate of drug-likeness (QED) is 0.0443. The predicted molar refractivity (Wildman–Crippen MR) is 221 cm³/mol. The Kier molecular flexibility index (Phi) is 15.4. The molecule has 0 amide bonds. The lowest BCUT2D eigenvalue weighted by atomic mass is 9.97. The van der Waals surface area contributed by atoms with Crippen LogP contribution in [-0.2, 0) is 28.4 Å². The van der Waals surface area contributed by atoms with Gasteiger partial charge in [0, 0.05) is 17.7 Å². The van der Waals surface area contributed by atoms with Crippen molar-refractivity contribution in [1.82, 2.24) is 0 Å². The van der Waals surface area contributed by atoms with Gasteiger partial charge in [0.1, 0.15) is 72.5 Å². The van der Waals surface area contributed by atoms with Gasteiger partial charge in [-0.25, -0.2) is 0 Å². The third kappa shape index (κ3) is 10.7. The molecule has 4 heterocycles. The van der Waals surface area contributed by atoms with Crippen LogP contribution in [-0.4, -0.2) is 193 Å². The van der Waals surface area contributed by atoms with Crippen LogP contribution in [0.25, 0.3) is 28.7 Å². The van der Waals surface area contributed by atoms with Gasteiger partial charge in [-0.05, 0) is 48.0 Å². The number of aliphatic hydroxyl groups is 9. The third-order valence-electron chi connectivity index (χ3n) is 11.2. The lowest BCUT2D eigenvalue weighted by Crippen LogP contribution is -2.64. The largest absolute Gasteiger partial charge is 0.507 e. The molecule has 24 nitrogen and oxygen atoms in total. The van der Waals surface area contributed by atoms with Crippen molar-refractivity contribution in [2.24, 2.45) is 0 Å². The maximum atomic E-state index is 12.3. The molecule has 1 aliphatic carbocycles. The smallest absolute Gasteiger partial charge is 0.229 e. The van der Waals surface area contributed by atoms with Crippen molar-refractivity contribution in [3.8, 4) is 62.9 Å². The summed E-state index contributed by atoms with van der Waals surface area (Å²) in [5.41, 5.74) is -0.259. The zero-order valence-corrected chi connectivity index (χ0v) is 35.4. The fourth-order valence-electron chi connectivity index (χ4n) is 7.42. The van der Waals surface area contributed by atoms with Crippen LogP contribution in [0.1, 0.15) is 5.56 Å². The fourth-order valence-corrected chi connectivity index (χ4v) is 7.42. The van der Waals surface area contributed by atoms with Crippen molar-refractivity contribution in [2.75, 3.05) is 34.0 Å². The molecule has 24 heteroatoms. The monoisotopic (exact) mass is 950 g/mol. The molecule has 2 aromatic carbocycles. The number of phenols is 4. The van der Waals surface area contributed by atoms with E-state index < -0.39 is 135 Å². The first kappa shape index (κ1) is 49.5. The average molecular weight is 951 g/mol. The minimum absolute atomic E-state index is 0.0322. The van der Waals surface area contributed by atoms with Gasteiger partial charge in [-0.3, -0.25) is 4.79 Å². The first-order valence-electron chi connectivity index (χ1n) is 20.5. The molecule has 7 rings (SSSR count). The second-order valence-electron chi connectivity index (χ2n) is 15.7. The predicted octanol–water partition coefficient (Wildman–Crippen LogP) is -2.23. The van der Waals surface area contributed by atoms with E-state index in [1.54, 1.807) is 0 Å². The van der Waals surface area contributed by atoms with Crippen molar-refractivity contribution >= 4 is 6.08 Å². The highest BCUT2D eigenvalue weighted by Gasteiger charge is 2.51. The molecule has 4 aliphatic heterocycles. The molecular weight excluding hydrogens is 900 g/mol. The van der Waals surface area contributed by atoms with Gasteiger partial charge in [0.2, 0.25) is 12.0 Å². The first-order valence-corrected chi connectivity index (χ1v) is 20.5.